The van der Waals surface area contributed by atoms with Gasteiger partial charge in [-0.3, -0.25) is 14.5 Å². The summed E-state index contributed by atoms with van der Waals surface area (Å²) in [5.41, 5.74) is -1.11. The van der Waals surface area contributed by atoms with Crippen molar-refractivity contribution < 1.29 is 27.5 Å². The number of nitrogens with zero attached hydrogens (tertiary/aromatic N) is 2. The molecule has 2 N–H and O–H groups in total. The number of esters is 1. The summed E-state index contributed by atoms with van der Waals surface area (Å²) in [6.45, 7) is 5.17. The van der Waals surface area contributed by atoms with E-state index in [4.69, 9.17) is 17.0 Å². The second-order valence-electron chi connectivity index (χ2n) is 7.35. The fourth-order valence-corrected chi connectivity index (χ4v) is 3.62. The number of rotatable bonds is 8. The monoisotopic (exact) mass is 474 g/mol. The number of hydrogen-bond acceptors (Lipinski definition) is 5. The number of ether oxygens (including phenoxy) is 1. The van der Waals surface area contributed by atoms with Gasteiger partial charge in [0.1, 0.15) is 0 Å². The van der Waals surface area contributed by atoms with Gasteiger partial charge in [0.2, 0.25) is 5.91 Å². The molecule has 7 nitrogen and oxygen atoms in total. The number of alkyl halides is 3. The number of amides is 1. The van der Waals surface area contributed by atoms with Gasteiger partial charge in [0, 0.05) is 39.1 Å². The Kier molecular flexibility index (Phi) is 10.2. The number of hydrogen-bond donors (Lipinski definition) is 2. The van der Waals surface area contributed by atoms with Crippen molar-refractivity contribution in [2.75, 3.05) is 51.2 Å². The lowest BCUT2D eigenvalue weighted by molar-refractivity contribution is -0.143. The van der Waals surface area contributed by atoms with Gasteiger partial charge in [-0.2, -0.15) is 13.2 Å². The van der Waals surface area contributed by atoms with Gasteiger partial charge in [-0.25, -0.2) is 0 Å². The number of carbonyl (C=O) groups excluding carboxylic acids is 2. The molecule has 1 heterocycles. The molecule has 178 valence electrons. The lowest BCUT2D eigenvalue weighted by atomic mass is 10.1. The van der Waals surface area contributed by atoms with E-state index in [1.165, 1.54) is 18.2 Å². The highest BCUT2D eigenvalue weighted by Crippen LogP contribution is 2.34. The molecule has 1 aromatic rings. The standard InChI is InChI=1S/C21H29F3N4O3S/c1-2-31-19(30)9-5-10-25-20(32)28-12-6-11-27(13-14-28)15-18(29)26-17-8-4-3-7-16(17)21(22,23)24/h3-4,7-8H,2,5-6,9-15H2,1H3,(H,25,32)(H,26,29). The topological polar surface area (TPSA) is 73.9 Å². The first-order valence-corrected chi connectivity index (χ1v) is 11.0. The average molecular weight is 475 g/mol. The molecule has 1 aromatic carbocycles. The number of thiocarbonyl (C=S) groups is 1. The molecule has 11 heteroatoms. The van der Waals surface area contributed by atoms with Crippen molar-refractivity contribution in [1.82, 2.24) is 15.1 Å². The third kappa shape index (κ3) is 8.62. The highest BCUT2D eigenvalue weighted by molar-refractivity contribution is 7.80. The van der Waals surface area contributed by atoms with E-state index < -0.39 is 17.6 Å². The van der Waals surface area contributed by atoms with Crippen molar-refractivity contribution in [2.24, 2.45) is 0 Å². The highest BCUT2D eigenvalue weighted by atomic mass is 32.1. The molecular formula is C21H29F3N4O3S. The Morgan fingerprint density at radius 1 is 1.16 bits per heavy atom. The van der Waals surface area contributed by atoms with Crippen LogP contribution in [0.15, 0.2) is 24.3 Å². The molecule has 1 amide bonds. The van der Waals surface area contributed by atoms with E-state index in [0.29, 0.717) is 57.3 Å². The van der Waals surface area contributed by atoms with Crippen LogP contribution in [0.1, 0.15) is 31.7 Å². The van der Waals surface area contributed by atoms with E-state index in [9.17, 15) is 22.8 Å². The number of anilines is 1. The summed E-state index contributed by atoms with van der Waals surface area (Å²) in [6.07, 6.45) is -2.84. The van der Waals surface area contributed by atoms with Crippen LogP contribution in [-0.2, 0) is 20.5 Å². The van der Waals surface area contributed by atoms with Gasteiger partial charge in [-0.05, 0) is 44.1 Å². The molecule has 0 unspecified atom stereocenters. The van der Waals surface area contributed by atoms with Crippen LogP contribution in [0.2, 0.25) is 0 Å². The van der Waals surface area contributed by atoms with E-state index in [2.05, 4.69) is 10.6 Å². The minimum Gasteiger partial charge on any atom is -0.466 e. The second kappa shape index (κ2) is 12.6. The summed E-state index contributed by atoms with van der Waals surface area (Å²) in [5, 5.41) is 6.10. The van der Waals surface area contributed by atoms with Gasteiger partial charge >= 0.3 is 12.1 Å². The van der Waals surface area contributed by atoms with Crippen LogP contribution in [0.4, 0.5) is 18.9 Å². The molecule has 0 atom stereocenters. The second-order valence-corrected chi connectivity index (χ2v) is 7.74. The van der Waals surface area contributed by atoms with Crippen molar-refractivity contribution in [1.29, 1.82) is 0 Å². The third-order valence-corrected chi connectivity index (χ3v) is 5.29. The van der Waals surface area contributed by atoms with Crippen molar-refractivity contribution >= 4 is 34.9 Å². The Bertz CT molecular complexity index is 792. The predicted octanol–water partition coefficient (Wildman–Crippen LogP) is 2.87. The molecule has 1 aliphatic heterocycles. The largest absolute Gasteiger partial charge is 0.466 e. The predicted molar refractivity (Wildman–Crippen MR) is 119 cm³/mol. The summed E-state index contributed by atoms with van der Waals surface area (Å²) in [6, 6.07) is 4.93. The Hall–Kier alpha value is -2.40. The van der Waals surface area contributed by atoms with Gasteiger partial charge in [0.25, 0.3) is 0 Å². The van der Waals surface area contributed by atoms with Crippen molar-refractivity contribution in [3.05, 3.63) is 29.8 Å². The zero-order chi connectivity index (χ0) is 23.6. The molecular weight excluding hydrogens is 445 g/mol. The first kappa shape index (κ1) is 25.9. The zero-order valence-corrected chi connectivity index (χ0v) is 18.9. The fraction of sp³-hybridized carbons (Fsp3) is 0.571. The Balaban J connectivity index is 1.77. The third-order valence-electron chi connectivity index (χ3n) is 4.89. The Labute approximate surface area is 191 Å². The quantitative estimate of drug-likeness (QED) is 0.341. The minimum atomic E-state index is -4.54. The zero-order valence-electron chi connectivity index (χ0n) is 18.0. The van der Waals surface area contributed by atoms with E-state index >= 15 is 0 Å². The van der Waals surface area contributed by atoms with Crippen LogP contribution in [0.3, 0.4) is 0 Å². The molecule has 0 spiro atoms. The molecule has 0 aromatic heterocycles. The average Bonchev–Trinajstić information content (AvgIpc) is 2.96. The Morgan fingerprint density at radius 2 is 1.91 bits per heavy atom. The summed E-state index contributed by atoms with van der Waals surface area (Å²) in [4.78, 5) is 27.6. The lowest BCUT2D eigenvalue weighted by Crippen LogP contribution is -2.42. The summed E-state index contributed by atoms with van der Waals surface area (Å²) < 4.78 is 44.2. The number of halogens is 3. The maximum Gasteiger partial charge on any atom is 0.418 e. The molecule has 0 aliphatic carbocycles. The smallest absolute Gasteiger partial charge is 0.418 e. The summed E-state index contributed by atoms with van der Waals surface area (Å²) >= 11 is 5.42. The molecule has 0 radical (unpaired) electrons. The van der Waals surface area contributed by atoms with Crippen LogP contribution >= 0.6 is 12.2 Å². The van der Waals surface area contributed by atoms with E-state index in [1.807, 2.05) is 9.80 Å². The lowest BCUT2D eigenvalue weighted by Gasteiger charge is -2.24. The van der Waals surface area contributed by atoms with Crippen molar-refractivity contribution in [3.8, 4) is 0 Å². The van der Waals surface area contributed by atoms with E-state index in [0.717, 1.165) is 12.5 Å². The van der Waals surface area contributed by atoms with Crippen LogP contribution in [0.25, 0.3) is 0 Å². The minimum absolute atomic E-state index is 0.000236. The number of benzene rings is 1. The maximum absolute atomic E-state index is 13.1. The number of para-hydroxylation sites is 1. The maximum atomic E-state index is 13.1. The number of carbonyl (C=O) groups is 2. The van der Waals surface area contributed by atoms with Crippen LogP contribution in [0, 0.1) is 0 Å². The SMILES string of the molecule is CCOC(=O)CCCNC(=S)N1CCCN(CC(=O)Nc2ccccc2C(F)(F)F)CC1. The molecule has 2 rings (SSSR count). The molecule has 1 aliphatic rings. The van der Waals surface area contributed by atoms with Crippen molar-refractivity contribution in [3.63, 3.8) is 0 Å². The molecule has 0 saturated carbocycles. The van der Waals surface area contributed by atoms with Crippen LogP contribution < -0.4 is 10.6 Å². The Morgan fingerprint density at radius 3 is 2.62 bits per heavy atom. The van der Waals surface area contributed by atoms with Gasteiger partial charge in [0.05, 0.1) is 24.4 Å². The molecule has 1 saturated heterocycles. The number of nitrogens with one attached hydrogen (secondary N) is 2. The first-order valence-electron chi connectivity index (χ1n) is 10.6. The molecule has 1 fully saturated rings. The van der Waals surface area contributed by atoms with E-state index in [-0.39, 0.29) is 18.2 Å². The summed E-state index contributed by atoms with van der Waals surface area (Å²) in [7, 11) is 0. The van der Waals surface area contributed by atoms with Gasteiger partial charge in [-0.1, -0.05) is 12.1 Å². The molecule has 0 bridgehead atoms. The molecule has 32 heavy (non-hydrogen) atoms. The van der Waals surface area contributed by atoms with Gasteiger partial charge in [0.15, 0.2) is 5.11 Å². The first-order chi connectivity index (χ1) is 15.2. The summed E-state index contributed by atoms with van der Waals surface area (Å²) in [5.74, 6) is -0.725. The van der Waals surface area contributed by atoms with Crippen molar-refractivity contribution in [2.45, 2.75) is 32.4 Å². The fourth-order valence-electron chi connectivity index (χ4n) is 3.34. The highest BCUT2D eigenvalue weighted by Gasteiger charge is 2.33. The normalized spacial score (nSPS) is 15.1. The van der Waals surface area contributed by atoms with Gasteiger partial charge < -0.3 is 20.3 Å². The van der Waals surface area contributed by atoms with Gasteiger partial charge in [-0.15, -0.1) is 0 Å². The van der Waals surface area contributed by atoms with Crippen LogP contribution in [-0.4, -0.2) is 72.7 Å². The van der Waals surface area contributed by atoms with Crippen LogP contribution in [0.5, 0.6) is 0 Å². The van der Waals surface area contributed by atoms with E-state index in [1.54, 1.807) is 6.92 Å².